The summed E-state index contributed by atoms with van der Waals surface area (Å²) >= 11 is 0. The molecule has 0 aliphatic rings. The van der Waals surface area contributed by atoms with Gasteiger partial charge in [0.1, 0.15) is 5.69 Å². The Balaban J connectivity index is 2.22. The van der Waals surface area contributed by atoms with Crippen molar-refractivity contribution in [1.82, 2.24) is 4.98 Å². The summed E-state index contributed by atoms with van der Waals surface area (Å²) in [6, 6.07) is 9.34. The second kappa shape index (κ2) is 4.87. The average Bonchev–Trinajstić information content (AvgIpc) is 2.36. The summed E-state index contributed by atoms with van der Waals surface area (Å²) in [5, 5.41) is 0. The van der Waals surface area contributed by atoms with Gasteiger partial charge in [0.25, 0.3) is 0 Å². The highest BCUT2D eigenvalue weighted by atomic mass is 16.1. The number of Topliss-reactive ketones (excluding diaryl/α,β-unsaturated/α-hetero) is 1. The molecule has 3 nitrogen and oxygen atoms in total. The third-order valence-electron chi connectivity index (χ3n) is 2.88. The maximum atomic E-state index is 12.0. The number of carbonyl (C=O) groups is 1. The van der Waals surface area contributed by atoms with Crippen molar-refractivity contribution in [2.75, 3.05) is 0 Å². The Hall–Kier alpha value is -2.03. The predicted octanol–water partition coefficient (Wildman–Crippen LogP) is 1.87. The van der Waals surface area contributed by atoms with Gasteiger partial charge in [0.15, 0.2) is 11.9 Å². The first-order valence-corrected chi connectivity index (χ1v) is 5.58. The van der Waals surface area contributed by atoms with E-state index in [0.29, 0.717) is 6.54 Å². The topological polar surface area (TPSA) is 33.8 Å². The number of aryl methyl sites for hydroxylation is 1. The van der Waals surface area contributed by atoms with Crippen molar-refractivity contribution in [2.45, 2.75) is 20.4 Å². The molecule has 1 heterocycles. The van der Waals surface area contributed by atoms with E-state index in [2.05, 4.69) is 4.98 Å². The molecule has 0 radical (unpaired) electrons. The quantitative estimate of drug-likeness (QED) is 0.592. The summed E-state index contributed by atoms with van der Waals surface area (Å²) in [5.41, 5.74) is 2.72. The highest BCUT2D eigenvalue weighted by Crippen LogP contribution is 2.01. The van der Waals surface area contributed by atoms with Crippen LogP contribution in [0.25, 0.3) is 0 Å². The number of rotatable bonds is 3. The second-order valence-corrected chi connectivity index (χ2v) is 4.02. The molecule has 0 unspecified atom stereocenters. The van der Waals surface area contributed by atoms with Gasteiger partial charge in [-0.15, -0.1) is 0 Å². The number of hydrogen-bond acceptors (Lipinski definition) is 2. The van der Waals surface area contributed by atoms with Crippen LogP contribution in [0.15, 0.2) is 42.7 Å². The van der Waals surface area contributed by atoms with Crippen molar-refractivity contribution >= 4 is 5.78 Å². The highest BCUT2D eigenvalue weighted by molar-refractivity contribution is 5.94. The molecule has 0 aliphatic carbocycles. The van der Waals surface area contributed by atoms with Crippen molar-refractivity contribution in [3.8, 4) is 0 Å². The molecule has 0 bridgehead atoms. The monoisotopic (exact) mass is 227 g/mol. The zero-order valence-electron chi connectivity index (χ0n) is 10.1. The lowest BCUT2D eigenvalue weighted by molar-refractivity contribution is -0.690. The minimum Gasteiger partial charge on any atom is -0.287 e. The van der Waals surface area contributed by atoms with Gasteiger partial charge in [-0.25, -0.2) is 4.98 Å². The minimum atomic E-state index is 0.115. The van der Waals surface area contributed by atoms with Crippen LogP contribution < -0.4 is 4.57 Å². The van der Waals surface area contributed by atoms with Gasteiger partial charge in [0.05, 0.1) is 6.20 Å². The fourth-order valence-corrected chi connectivity index (χ4v) is 1.68. The van der Waals surface area contributed by atoms with Crippen LogP contribution in [0.4, 0.5) is 0 Å². The normalized spacial score (nSPS) is 10.2. The largest absolute Gasteiger partial charge is 0.287 e. The standard InChI is InChI=1S/C14H15N2O/c1-11-12(2)16(9-8-15-11)10-14(17)13-6-4-3-5-7-13/h3-9H,10H2,1-2H3/q+1. The van der Waals surface area contributed by atoms with Gasteiger partial charge in [-0.2, -0.15) is 4.57 Å². The van der Waals surface area contributed by atoms with Crippen LogP contribution in [0.5, 0.6) is 0 Å². The van der Waals surface area contributed by atoms with E-state index in [-0.39, 0.29) is 5.78 Å². The fraction of sp³-hybridized carbons (Fsp3) is 0.214. The Morgan fingerprint density at radius 1 is 1.24 bits per heavy atom. The van der Waals surface area contributed by atoms with Crippen LogP contribution in [0, 0.1) is 13.8 Å². The van der Waals surface area contributed by atoms with E-state index in [4.69, 9.17) is 0 Å². The zero-order valence-corrected chi connectivity index (χ0v) is 10.1. The number of carbonyl (C=O) groups excluding carboxylic acids is 1. The zero-order chi connectivity index (χ0) is 12.3. The van der Waals surface area contributed by atoms with Gasteiger partial charge >= 0.3 is 0 Å². The van der Waals surface area contributed by atoms with E-state index in [1.165, 1.54) is 0 Å². The van der Waals surface area contributed by atoms with Crippen molar-refractivity contribution in [1.29, 1.82) is 0 Å². The number of nitrogens with zero attached hydrogens (tertiary/aromatic N) is 2. The molecule has 0 aliphatic heterocycles. The number of ketones is 1. The van der Waals surface area contributed by atoms with Crippen molar-refractivity contribution in [3.05, 3.63) is 59.7 Å². The summed E-state index contributed by atoms with van der Waals surface area (Å²) in [5.74, 6) is 0.115. The van der Waals surface area contributed by atoms with E-state index in [1.807, 2.05) is 54.9 Å². The predicted molar refractivity (Wildman–Crippen MR) is 64.7 cm³/mol. The number of benzene rings is 1. The maximum Gasteiger partial charge on any atom is 0.227 e. The van der Waals surface area contributed by atoms with E-state index >= 15 is 0 Å². The summed E-state index contributed by atoms with van der Waals surface area (Å²) in [7, 11) is 0. The highest BCUT2D eigenvalue weighted by Gasteiger charge is 2.15. The average molecular weight is 227 g/mol. The lowest BCUT2D eigenvalue weighted by atomic mass is 10.1. The molecule has 1 aromatic heterocycles. The Labute approximate surface area is 101 Å². The summed E-state index contributed by atoms with van der Waals surface area (Å²) < 4.78 is 1.93. The van der Waals surface area contributed by atoms with Crippen LogP contribution >= 0.6 is 0 Å². The third-order valence-corrected chi connectivity index (χ3v) is 2.88. The van der Waals surface area contributed by atoms with E-state index in [1.54, 1.807) is 6.20 Å². The fourth-order valence-electron chi connectivity index (χ4n) is 1.68. The van der Waals surface area contributed by atoms with Crippen LogP contribution in [-0.2, 0) is 6.54 Å². The van der Waals surface area contributed by atoms with Gasteiger partial charge in [-0.3, -0.25) is 4.79 Å². The molecule has 0 fully saturated rings. The molecule has 1 aromatic carbocycles. The van der Waals surface area contributed by atoms with E-state index < -0.39 is 0 Å². The van der Waals surface area contributed by atoms with E-state index in [0.717, 1.165) is 17.0 Å². The lowest BCUT2D eigenvalue weighted by Crippen LogP contribution is -2.41. The second-order valence-electron chi connectivity index (χ2n) is 4.02. The number of hydrogen-bond donors (Lipinski definition) is 0. The van der Waals surface area contributed by atoms with E-state index in [9.17, 15) is 4.79 Å². The summed E-state index contributed by atoms with van der Waals surface area (Å²) in [6.45, 7) is 4.28. The molecule has 0 N–H and O–H groups in total. The minimum absolute atomic E-state index is 0.115. The van der Waals surface area contributed by atoms with Crippen molar-refractivity contribution < 1.29 is 9.36 Å². The molecule has 0 saturated heterocycles. The van der Waals surface area contributed by atoms with Crippen molar-refractivity contribution in [2.24, 2.45) is 0 Å². The lowest BCUT2D eigenvalue weighted by Gasteiger charge is -2.01. The molecule has 2 rings (SSSR count). The molecule has 0 saturated carbocycles. The molecular formula is C14H15N2O+. The molecule has 2 aromatic rings. The molecule has 86 valence electrons. The molecule has 17 heavy (non-hydrogen) atoms. The van der Waals surface area contributed by atoms with Crippen LogP contribution in [-0.4, -0.2) is 10.8 Å². The first-order valence-electron chi connectivity index (χ1n) is 5.58. The summed E-state index contributed by atoms with van der Waals surface area (Å²) in [6.07, 6.45) is 3.56. The van der Waals surface area contributed by atoms with Gasteiger partial charge in [-0.05, 0) is 6.92 Å². The SMILES string of the molecule is Cc1ncc[n+](CC(=O)c2ccccc2)c1C. The molecular weight excluding hydrogens is 212 g/mol. The Kier molecular flexibility index (Phi) is 3.28. The number of aromatic nitrogens is 2. The van der Waals surface area contributed by atoms with Gasteiger partial charge in [0, 0.05) is 12.5 Å². The Bertz CT molecular complexity index is 535. The van der Waals surface area contributed by atoms with Gasteiger partial charge in [0.2, 0.25) is 12.3 Å². The van der Waals surface area contributed by atoms with Gasteiger partial charge in [-0.1, -0.05) is 30.3 Å². The molecule has 0 amide bonds. The maximum absolute atomic E-state index is 12.0. The van der Waals surface area contributed by atoms with Crippen LogP contribution in [0.1, 0.15) is 21.7 Å². The molecule has 3 heteroatoms. The van der Waals surface area contributed by atoms with Gasteiger partial charge < -0.3 is 0 Å². The first kappa shape index (κ1) is 11.5. The first-order chi connectivity index (χ1) is 8.18. The van der Waals surface area contributed by atoms with Crippen LogP contribution in [0.3, 0.4) is 0 Å². The molecule has 0 spiro atoms. The Morgan fingerprint density at radius 2 is 1.94 bits per heavy atom. The van der Waals surface area contributed by atoms with Crippen LogP contribution in [0.2, 0.25) is 0 Å². The Morgan fingerprint density at radius 3 is 2.65 bits per heavy atom. The third kappa shape index (κ3) is 2.56. The molecule has 0 atom stereocenters. The smallest absolute Gasteiger partial charge is 0.227 e. The van der Waals surface area contributed by atoms with Crippen molar-refractivity contribution in [3.63, 3.8) is 0 Å². The summed E-state index contributed by atoms with van der Waals surface area (Å²) in [4.78, 5) is 16.2.